The summed E-state index contributed by atoms with van der Waals surface area (Å²) in [6, 6.07) is 7.27. The van der Waals surface area contributed by atoms with E-state index in [1.54, 1.807) is 13.1 Å². The number of hydrogen-bond acceptors (Lipinski definition) is 2. The van der Waals surface area contributed by atoms with Crippen molar-refractivity contribution in [3.8, 4) is 0 Å². The number of carbonyl (C=O) groups excluding carboxylic acids is 2. The molecule has 0 bridgehead atoms. The molecule has 0 atom stereocenters. The van der Waals surface area contributed by atoms with Gasteiger partial charge in [0.25, 0.3) is 5.91 Å². The van der Waals surface area contributed by atoms with Gasteiger partial charge in [-0.05, 0) is 6.07 Å². The highest BCUT2D eigenvalue weighted by Crippen LogP contribution is 2.30. The van der Waals surface area contributed by atoms with Gasteiger partial charge in [0.05, 0.1) is 5.70 Å². The predicted molar refractivity (Wildman–Crippen MR) is 52.6 cm³/mol. The Morgan fingerprint density at radius 2 is 1.86 bits per heavy atom. The summed E-state index contributed by atoms with van der Waals surface area (Å²) in [6.45, 7) is 0. The van der Waals surface area contributed by atoms with Crippen LogP contribution in [0.2, 0.25) is 0 Å². The lowest BCUT2D eigenvalue weighted by Crippen LogP contribution is -2.17. The van der Waals surface area contributed by atoms with Gasteiger partial charge in [0.15, 0.2) is 0 Å². The van der Waals surface area contributed by atoms with Gasteiger partial charge in [0, 0.05) is 24.3 Å². The van der Waals surface area contributed by atoms with Crippen molar-refractivity contribution in [2.24, 2.45) is 0 Å². The van der Waals surface area contributed by atoms with Crippen LogP contribution in [0.5, 0.6) is 0 Å². The molecule has 1 aliphatic heterocycles. The summed E-state index contributed by atoms with van der Waals surface area (Å²) in [5, 5.41) is 0. The minimum atomic E-state index is -0.0614. The van der Waals surface area contributed by atoms with Crippen LogP contribution in [0.25, 0.3) is 5.70 Å². The lowest BCUT2D eigenvalue weighted by molar-refractivity contribution is -0.104. The maximum absolute atomic E-state index is 11.7. The van der Waals surface area contributed by atoms with E-state index in [0.29, 0.717) is 17.5 Å². The van der Waals surface area contributed by atoms with Gasteiger partial charge in [0.1, 0.15) is 6.29 Å². The summed E-state index contributed by atoms with van der Waals surface area (Å²) in [5.74, 6) is -0.0614. The Kier molecular flexibility index (Phi) is 1.93. The molecule has 0 aromatic heterocycles. The number of aldehydes is 1. The van der Waals surface area contributed by atoms with Crippen LogP contribution in [0, 0.1) is 0 Å². The molecule has 1 aromatic carbocycles. The molecule has 14 heavy (non-hydrogen) atoms. The summed E-state index contributed by atoms with van der Waals surface area (Å²) in [7, 11) is 1.66. The van der Waals surface area contributed by atoms with Gasteiger partial charge in [-0.3, -0.25) is 9.59 Å². The van der Waals surface area contributed by atoms with E-state index in [1.807, 2.05) is 18.2 Å². The molecule has 0 aliphatic carbocycles. The number of nitrogens with zero attached hydrogens (tertiary/aromatic N) is 1. The SMILES string of the molecule is CN1C(=O)c2ccccc2/C1=C\C=O. The van der Waals surface area contributed by atoms with E-state index in [1.165, 1.54) is 11.0 Å². The molecule has 1 heterocycles. The van der Waals surface area contributed by atoms with Gasteiger partial charge in [-0.2, -0.15) is 0 Å². The van der Waals surface area contributed by atoms with Gasteiger partial charge >= 0.3 is 0 Å². The molecule has 0 radical (unpaired) electrons. The van der Waals surface area contributed by atoms with Gasteiger partial charge in [-0.1, -0.05) is 18.2 Å². The highest BCUT2D eigenvalue weighted by Gasteiger charge is 2.28. The monoisotopic (exact) mass is 187 g/mol. The fraction of sp³-hybridized carbons (Fsp3) is 0.0909. The average Bonchev–Trinajstić information content (AvgIpc) is 2.45. The van der Waals surface area contributed by atoms with Gasteiger partial charge in [0.2, 0.25) is 0 Å². The van der Waals surface area contributed by atoms with Gasteiger partial charge in [-0.25, -0.2) is 0 Å². The molecule has 0 spiro atoms. The lowest BCUT2D eigenvalue weighted by Gasteiger charge is -2.09. The number of carbonyl (C=O) groups is 2. The molecule has 0 N–H and O–H groups in total. The van der Waals surface area contributed by atoms with Crippen molar-refractivity contribution >= 4 is 17.9 Å². The number of hydrogen-bond donors (Lipinski definition) is 0. The standard InChI is InChI=1S/C11H9NO2/c1-12-10(6-7-13)8-4-2-3-5-9(8)11(12)14/h2-7H,1H3/b10-6+. The molecule has 1 amide bonds. The van der Waals surface area contributed by atoms with E-state index in [2.05, 4.69) is 0 Å². The Bertz CT molecular complexity index is 435. The summed E-state index contributed by atoms with van der Waals surface area (Å²) < 4.78 is 0. The number of fused-ring (bicyclic) bond motifs is 1. The van der Waals surface area contributed by atoms with Crippen molar-refractivity contribution in [1.82, 2.24) is 4.90 Å². The van der Waals surface area contributed by atoms with Crippen LogP contribution >= 0.6 is 0 Å². The third-order valence-corrected chi connectivity index (χ3v) is 2.33. The Balaban J connectivity index is 2.64. The molecule has 2 rings (SSSR count). The zero-order valence-corrected chi connectivity index (χ0v) is 7.73. The molecule has 0 fully saturated rings. The minimum absolute atomic E-state index is 0.0614. The normalized spacial score (nSPS) is 17.4. The van der Waals surface area contributed by atoms with Crippen molar-refractivity contribution in [3.05, 3.63) is 41.5 Å². The third-order valence-electron chi connectivity index (χ3n) is 2.33. The second-order valence-electron chi connectivity index (χ2n) is 3.10. The molecule has 0 saturated carbocycles. The zero-order valence-electron chi connectivity index (χ0n) is 7.73. The van der Waals surface area contributed by atoms with E-state index >= 15 is 0 Å². The van der Waals surface area contributed by atoms with E-state index in [4.69, 9.17) is 0 Å². The highest BCUT2D eigenvalue weighted by molar-refractivity contribution is 6.10. The molecular formula is C11H9NO2. The van der Waals surface area contributed by atoms with Crippen molar-refractivity contribution in [2.45, 2.75) is 0 Å². The van der Waals surface area contributed by atoms with E-state index in [-0.39, 0.29) is 5.91 Å². The maximum Gasteiger partial charge on any atom is 0.258 e. The molecular weight excluding hydrogens is 178 g/mol. The first-order chi connectivity index (χ1) is 6.75. The predicted octanol–water partition coefficient (Wildman–Crippen LogP) is 1.31. The Morgan fingerprint density at radius 3 is 2.50 bits per heavy atom. The first-order valence-corrected chi connectivity index (χ1v) is 4.28. The quantitative estimate of drug-likeness (QED) is 0.491. The summed E-state index contributed by atoms with van der Waals surface area (Å²) in [5.41, 5.74) is 2.15. The van der Waals surface area contributed by atoms with Gasteiger partial charge < -0.3 is 4.90 Å². The van der Waals surface area contributed by atoms with Crippen LogP contribution in [-0.4, -0.2) is 24.1 Å². The van der Waals surface area contributed by atoms with Crippen LogP contribution < -0.4 is 0 Å². The van der Waals surface area contributed by atoms with Crippen molar-refractivity contribution in [3.63, 3.8) is 0 Å². The lowest BCUT2D eigenvalue weighted by atomic mass is 10.1. The summed E-state index contributed by atoms with van der Waals surface area (Å²) >= 11 is 0. The van der Waals surface area contributed by atoms with Crippen LogP contribution in [0.15, 0.2) is 30.3 Å². The summed E-state index contributed by atoms with van der Waals surface area (Å²) in [4.78, 5) is 23.5. The van der Waals surface area contributed by atoms with E-state index in [0.717, 1.165) is 5.56 Å². The maximum atomic E-state index is 11.7. The number of allylic oxidation sites excluding steroid dienone is 1. The number of rotatable bonds is 1. The van der Waals surface area contributed by atoms with E-state index in [9.17, 15) is 9.59 Å². The molecule has 1 aliphatic rings. The highest BCUT2D eigenvalue weighted by atomic mass is 16.2. The minimum Gasteiger partial charge on any atom is -0.311 e. The fourth-order valence-corrected chi connectivity index (χ4v) is 1.63. The van der Waals surface area contributed by atoms with Gasteiger partial charge in [-0.15, -0.1) is 0 Å². The molecule has 70 valence electrons. The zero-order chi connectivity index (χ0) is 10.1. The van der Waals surface area contributed by atoms with Crippen LogP contribution in [0.1, 0.15) is 15.9 Å². The first-order valence-electron chi connectivity index (χ1n) is 4.28. The average molecular weight is 187 g/mol. The van der Waals surface area contributed by atoms with E-state index < -0.39 is 0 Å². The molecule has 0 saturated heterocycles. The topological polar surface area (TPSA) is 37.4 Å². The van der Waals surface area contributed by atoms with Crippen molar-refractivity contribution in [2.75, 3.05) is 7.05 Å². The van der Waals surface area contributed by atoms with Crippen molar-refractivity contribution < 1.29 is 9.59 Å². The molecule has 0 unspecified atom stereocenters. The first kappa shape index (κ1) is 8.69. The van der Waals surface area contributed by atoms with Crippen molar-refractivity contribution in [1.29, 1.82) is 0 Å². The van der Waals surface area contributed by atoms with Crippen LogP contribution in [-0.2, 0) is 4.79 Å². The largest absolute Gasteiger partial charge is 0.311 e. The number of benzene rings is 1. The third kappa shape index (κ3) is 1.06. The molecule has 3 nitrogen and oxygen atoms in total. The fourth-order valence-electron chi connectivity index (χ4n) is 1.63. The van der Waals surface area contributed by atoms with Crippen LogP contribution in [0.3, 0.4) is 0 Å². The Labute approximate surface area is 81.6 Å². The Hall–Kier alpha value is -1.90. The summed E-state index contributed by atoms with van der Waals surface area (Å²) in [6.07, 6.45) is 2.10. The van der Waals surface area contributed by atoms with Crippen LogP contribution in [0.4, 0.5) is 0 Å². The number of amides is 1. The smallest absolute Gasteiger partial charge is 0.258 e. The second kappa shape index (κ2) is 3.10. The Morgan fingerprint density at radius 1 is 1.21 bits per heavy atom. The molecule has 1 aromatic rings. The second-order valence-corrected chi connectivity index (χ2v) is 3.10. The molecule has 3 heteroatoms.